The molecule has 18 heavy (non-hydrogen) atoms. The van der Waals surface area contributed by atoms with Crippen LogP contribution in [0.3, 0.4) is 0 Å². The van der Waals surface area contributed by atoms with Crippen molar-refractivity contribution in [2.45, 2.75) is 6.10 Å². The molecule has 3 rings (SSSR count). The number of hydrogen-bond acceptors (Lipinski definition) is 6. The Morgan fingerprint density at radius 3 is 3.17 bits per heavy atom. The molecule has 0 radical (unpaired) electrons. The van der Waals surface area contributed by atoms with Crippen molar-refractivity contribution >= 4 is 22.8 Å². The van der Waals surface area contributed by atoms with Gasteiger partial charge < -0.3 is 24.9 Å². The summed E-state index contributed by atoms with van der Waals surface area (Å²) in [6.07, 6.45) is 0.0406. The molecule has 1 aromatic heterocycles. The summed E-state index contributed by atoms with van der Waals surface area (Å²) in [6.45, 7) is 2.51. The van der Waals surface area contributed by atoms with Crippen LogP contribution in [-0.2, 0) is 9.47 Å². The predicted molar refractivity (Wildman–Crippen MR) is 67.5 cm³/mol. The van der Waals surface area contributed by atoms with Crippen molar-refractivity contribution in [1.29, 1.82) is 0 Å². The highest BCUT2D eigenvalue weighted by molar-refractivity contribution is 5.78. The van der Waals surface area contributed by atoms with Crippen LogP contribution in [0.2, 0.25) is 0 Å². The summed E-state index contributed by atoms with van der Waals surface area (Å²) >= 11 is 0. The van der Waals surface area contributed by atoms with Crippen LogP contribution in [-0.4, -0.2) is 37.5 Å². The van der Waals surface area contributed by atoms with Crippen LogP contribution in [0.25, 0.3) is 11.1 Å². The lowest BCUT2D eigenvalue weighted by molar-refractivity contribution is -0.0820. The first-order valence-corrected chi connectivity index (χ1v) is 5.90. The highest BCUT2D eigenvalue weighted by Gasteiger charge is 2.15. The zero-order chi connectivity index (χ0) is 12.4. The average molecular weight is 249 g/mol. The largest absolute Gasteiger partial charge is 0.423 e. The third kappa shape index (κ3) is 2.39. The van der Waals surface area contributed by atoms with Crippen LogP contribution in [0, 0.1) is 0 Å². The summed E-state index contributed by atoms with van der Waals surface area (Å²) in [5, 5.41) is 3.10. The second-order valence-corrected chi connectivity index (χ2v) is 4.19. The number of anilines is 2. The summed E-state index contributed by atoms with van der Waals surface area (Å²) in [5.41, 5.74) is 7.80. The lowest BCUT2D eigenvalue weighted by atomic mass is 10.3. The number of ether oxygens (including phenoxy) is 2. The van der Waals surface area contributed by atoms with Gasteiger partial charge in [-0.25, -0.2) is 0 Å². The highest BCUT2D eigenvalue weighted by Crippen LogP contribution is 2.21. The molecule has 1 aliphatic heterocycles. The molecule has 1 aromatic carbocycles. The van der Waals surface area contributed by atoms with Crippen molar-refractivity contribution in [2.75, 3.05) is 37.4 Å². The minimum absolute atomic E-state index is 0.0406. The predicted octanol–water partition coefficient (Wildman–Crippen LogP) is 1.24. The summed E-state index contributed by atoms with van der Waals surface area (Å²) in [5.74, 6) is 0. The quantitative estimate of drug-likeness (QED) is 0.796. The van der Waals surface area contributed by atoms with Gasteiger partial charge >= 0.3 is 0 Å². The Hall–Kier alpha value is -1.79. The second kappa shape index (κ2) is 4.83. The first-order valence-electron chi connectivity index (χ1n) is 5.90. The van der Waals surface area contributed by atoms with Gasteiger partial charge in [0.1, 0.15) is 5.52 Å². The van der Waals surface area contributed by atoms with Crippen molar-refractivity contribution in [3.63, 3.8) is 0 Å². The molecule has 0 bridgehead atoms. The minimum Gasteiger partial charge on any atom is -0.423 e. The molecule has 1 unspecified atom stereocenters. The lowest BCUT2D eigenvalue weighted by Gasteiger charge is -2.22. The molecule has 6 heteroatoms. The van der Waals surface area contributed by atoms with Crippen molar-refractivity contribution in [3.05, 3.63) is 18.2 Å². The Morgan fingerprint density at radius 2 is 2.33 bits per heavy atom. The lowest BCUT2D eigenvalue weighted by Crippen LogP contribution is -2.34. The van der Waals surface area contributed by atoms with Gasteiger partial charge in [0.25, 0.3) is 6.01 Å². The van der Waals surface area contributed by atoms with Crippen LogP contribution in [0.5, 0.6) is 0 Å². The number of nitrogens with one attached hydrogen (secondary N) is 1. The number of nitrogens with two attached hydrogens (primary N) is 1. The zero-order valence-corrected chi connectivity index (χ0v) is 9.89. The number of rotatable bonds is 3. The van der Waals surface area contributed by atoms with Crippen LogP contribution < -0.4 is 11.1 Å². The Labute approximate surface area is 104 Å². The van der Waals surface area contributed by atoms with Gasteiger partial charge in [0.05, 0.1) is 25.9 Å². The molecule has 0 saturated carbocycles. The summed E-state index contributed by atoms with van der Waals surface area (Å²) in [6, 6.07) is 5.87. The third-order valence-corrected chi connectivity index (χ3v) is 2.78. The number of hydrogen-bond donors (Lipinski definition) is 2. The van der Waals surface area contributed by atoms with Gasteiger partial charge in [-0.15, -0.1) is 0 Å². The number of nitrogen functional groups attached to an aromatic ring is 1. The maximum atomic E-state index is 5.68. The first-order chi connectivity index (χ1) is 8.81. The van der Waals surface area contributed by atoms with E-state index in [9.17, 15) is 0 Å². The SMILES string of the molecule is Nc1ccc2nc(NCC3COCCO3)oc2c1. The van der Waals surface area contributed by atoms with E-state index in [-0.39, 0.29) is 6.10 Å². The monoisotopic (exact) mass is 249 g/mol. The van der Waals surface area contributed by atoms with Gasteiger partial charge in [-0.3, -0.25) is 0 Å². The number of benzene rings is 1. The zero-order valence-electron chi connectivity index (χ0n) is 9.89. The topological polar surface area (TPSA) is 82.5 Å². The van der Waals surface area contributed by atoms with Gasteiger partial charge in [-0.2, -0.15) is 4.98 Å². The smallest absolute Gasteiger partial charge is 0.295 e. The number of oxazole rings is 1. The minimum atomic E-state index is 0.0406. The summed E-state index contributed by atoms with van der Waals surface area (Å²) < 4.78 is 16.4. The molecule has 2 aromatic rings. The third-order valence-electron chi connectivity index (χ3n) is 2.78. The van der Waals surface area contributed by atoms with E-state index in [2.05, 4.69) is 10.3 Å². The normalized spacial score (nSPS) is 20.1. The molecule has 2 heterocycles. The fourth-order valence-corrected chi connectivity index (χ4v) is 1.87. The molecule has 1 saturated heterocycles. The Kier molecular flexibility index (Phi) is 3.04. The highest BCUT2D eigenvalue weighted by atomic mass is 16.6. The molecule has 0 aliphatic carbocycles. The molecule has 1 aliphatic rings. The van der Waals surface area contributed by atoms with E-state index in [1.807, 2.05) is 6.07 Å². The molecule has 0 amide bonds. The van der Waals surface area contributed by atoms with E-state index in [4.69, 9.17) is 19.6 Å². The van der Waals surface area contributed by atoms with Gasteiger partial charge in [0, 0.05) is 18.3 Å². The standard InChI is InChI=1S/C12H15N3O3/c13-8-1-2-10-11(5-8)18-12(15-10)14-6-9-7-16-3-4-17-9/h1-2,5,9H,3-4,6-7,13H2,(H,14,15). The summed E-state index contributed by atoms with van der Waals surface area (Å²) in [7, 11) is 0. The van der Waals surface area contributed by atoms with Crippen LogP contribution in [0.15, 0.2) is 22.6 Å². The van der Waals surface area contributed by atoms with Gasteiger partial charge in [-0.1, -0.05) is 0 Å². The summed E-state index contributed by atoms with van der Waals surface area (Å²) in [4.78, 5) is 4.31. The Balaban J connectivity index is 1.67. The molecular weight excluding hydrogens is 234 g/mol. The molecular formula is C12H15N3O3. The number of aromatic nitrogens is 1. The van der Waals surface area contributed by atoms with E-state index in [0.29, 0.717) is 43.7 Å². The van der Waals surface area contributed by atoms with Crippen molar-refractivity contribution in [2.24, 2.45) is 0 Å². The molecule has 3 N–H and O–H groups in total. The van der Waals surface area contributed by atoms with E-state index < -0.39 is 0 Å². The van der Waals surface area contributed by atoms with E-state index in [1.165, 1.54) is 0 Å². The fourth-order valence-electron chi connectivity index (χ4n) is 1.87. The molecule has 1 fully saturated rings. The fraction of sp³-hybridized carbons (Fsp3) is 0.417. The van der Waals surface area contributed by atoms with E-state index >= 15 is 0 Å². The second-order valence-electron chi connectivity index (χ2n) is 4.19. The van der Waals surface area contributed by atoms with Crippen molar-refractivity contribution in [1.82, 2.24) is 4.98 Å². The van der Waals surface area contributed by atoms with E-state index in [0.717, 1.165) is 5.52 Å². The van der Waals surface area contributed by atoms with Crippen LogP contribution in [0.1, 0.15) is 0 Å². The molecule has 1 atom stereocenters. The molecule has 96 valence electrons. The van der Waals surface area contributed by atoms with Gasteiger partial charge in [0.15, 0.2) is 5.58 Å². The van der Waals surface area contributed by atoms with Crippen molar-refractivity contribution in [3.8, 4) is 0 Å². The number of nitrogens with zero attached hydrogens (tertiary/aromatic N) is 1. The first kappa shape index (κ1) is 11.3. The van der Waals surface area contributed by atoms with E-state index in [1.54, 1.807) is 12.1 Å². The van der Waals surface area contributed by atoms with Crippen molar-refractivity contribution < 1.29 is 13.9 Å². The van der Waals surface area contributed by atoms with Crippen LogP contribution in [0.4, 0.5) is 11.7 Å². The molecule has 0 spiro atoms. The van der Waals surface area contributed by atoms with Gasteiger partial charge in [0.2, 0.25) is 0 Å². The average Bonchev–Trinajstić information content (AvgIpc) is 2.79. The maximum absolute atomic E-state index is 5.68. The van der Waals surface area contributed by atoms with Crippen LogP contribution >= 0.6 is 0 Å². The maximum Gasteiger partial charge on any atom is 0.295 e. The Bertz CT molecular complexity index is 534. The Morgan fingerprint density at radius 1 is 1.39 bits per heavy atom. The van der Waals surface area contributed by atoms with Gasteiger partial charge in [-0.05, 0) is 12.1 Å². The molecule has 6 nitrogen and oxygen atoms in total. The number of fused-ring (bicyclic) bond motifs is 1.